The van der Waals surface area contributed by atoms with E-state index in [1.165, 1.54) is 0 Å². The Bertz CT molecular complexity index is 171. The lowest BCUT2D eigenvalue weighted by Gasteiger charge is -2.40. The van der Waals surface area contributed by atoms with Crippen LogP contribution in [0.4, 0.5) is 0 Å². The fourth-order valence-electron chi connectivity index (χ4n) is 2.23. The summed E-state index contributed by atoms with van der Waals surface area (Å²) in [5, 5.41) is 0. The van der Waals surface area contributed by atoms with Crippen molar-refractivity contribution in [2.24, 2.45) is 11.1 Å². The van der Waals surface area contributed by atoms with Crippen LogP contribution in [0.1, 0.15) is 27.2 Å². The zero-order valence-electron chi connectivity index (χ0n) is 9.92. The summed E-state index contributed by atoms with van der Waals surface area (Å²) in [5.41, 5.74) is 6.09. The molecule has 0 aromatic rings. The number of nitrogens with two attached hydrogens (primary N) is 1. The standard InChI is InChI=1S/C11H24N2O/c1-11(2,3)10(7-12)13(4)9-5-6-14-8-9/h9-10H,5-8,12H2,1-4H3. The molecule has 1 saturated heterocycles. The smallest absolute Gasteiger partial charge is 0.0622 e. The van der Waals surface area contributed by atoms with Gasteiger partial charge in [-0.05, 0) is 18.9 Å². The highest BCUT2D eigenvalue weighted by Crippen LogP contribution is 2.26. The van der Waals surface area contributed by atoms with Gasteiger partial charge in [0.25, 0.3) is 0 Å². The lowest BCUT2D eigenvalue weighted by molar-refractivity contribution is 0.0785. The molecule has 3 nitrogen and oxygen atoms in total. The van der Waals surface area contributed by atoms with Gasteiger partial charge >= 0.3 is 0 Å². The average Bonchev–Trinajstić information content (AvgIpc) is 2.53. The number of hydrogen-bond donors (Lipinski definition) is 1. The predicted octanol–water partition coefficient (Wildman–Crippen LogP) is 1.08. The van der Waals surface area contributed by atoms with E-state index < -0.39 is 0 Å². The Morgan fingerprint density at radius 3 is 2.50 bits per heavy atom. The van der Waals surface area contributed by atoms with E-state index in [0.717, 1.165) is 26.2 Å². The first-order valence-electron chi connectivity index (χ1n) is 5.46. The van der Waals surface area contributed by atoms with Gasteiger partial charge in [0, 0.05) is 25.2 Å². The van der Waals surface area contributed by atoms with Crippen LogP contribution in [0.5, 0.6) is 0 Å². The van der Waals surface area contributed by atoms with E-state index in [0.29, 0.717) is 12.1 Å². The molecule has 2 unspecified atom stereocenters. The van der Waals surface area contributed by atoms with Crippen LogP contribution in [0.3, 0.4) is 0 Å². The summed E-state index contributed by atoms with van der Waals surface area (Å²) < 4.78 is 5.40. The molecule has 14 heavy (non-hydrogen) atoms. The van der Waals surface area contributed by atoms with Gasteiger partial charge in [-0.15, -0.1) is 0 Å². The molecule has 2 atom stereocenters. The molecule has 1 aliphatic heterocycles. The molecule has 0 radical (unpaired) electrons. The maximum atomic E-state index is 5.84. The maximum absolute atomic E-state index is 5.84. The van der Waals surface area contributed by atoms with Crippen LogP contribution in [-0.4, -0.2) is 43.8 Å². The van der Waals surface area contributed by atoms with Gasteiger partial charge in [-0.1, -0.05) is 20.8 Å². The van der Waals surface area contributed by atoms with Crippen molar-refractivity contribution in [1.82, 2.24) is 4.90 Å². The minimum atomic E-state index is 0.242. The third kappa shape index (κ3) is 2.69. The van der Waals surface area contributed by atoms with Crippen LogP contribution < -0.4 is 5.73 Å². The second-order valence-electron chi connectivity index (χ2n) is 5.30. The summed E-state index contributed by atoms with van der Waals surface area (Å²) in [4.78, 5) is 2.40. The number of hydrogen-bond acceptors (Lipinski definition) is 3. The van der Waals surface area contributed by atoms with E-state index in [-0.39, 0.29) is 5.41 Å². The molecule has 3 heteroatoms. The molecular formula is C11H24N2O. The summed E-state index contributed by atoms with van der Waals surface area (Å²) in [7, 11) is 2.17. The molecule has 1 rings (SSSR count). The molecule has 1 aliphatic rings. The number of ether oxygens (including phenoxy) is 1. The van der Waals surface area contributed by atoms with Gasteiger partial charge in [0.05, 0.1) is 6.61 Å². The van der Waals surface area contributed by atoms with Crippen LogP contribution in [0.25, 0.3) is 0 Å². The van der Waals surface area contributed by atoms with E-state index in [1.807, 2.05) is 0 Å². The Morgan fingerprint density at radius 2 is 2.14 bits per heavy atom. The van der Waals surface area contributed by atoms with E-state index >= 15 is 0 Å². The second kappa shape index (κ2) is 4.60. The molecule has 0 aromatic heterocycles. The van der Waals surface area contributed by atoms with Gasteiger partial charge < -0.3 is 10.5 Å². The molecule has 0 saturated carbocycles. The first kappa shape index (κ1) is 12.0. The lowest BCUT2D eigenvalue weighted by atomic mass is 9.85. The van der Waals surface area contributed by atoms with Crippen LogP contribution in [-0.2, 0) is 4.74 Å². The minimum absolute atomic E-state index is 0.242. The first-order valence-corrected chi connectivity index (χ1v) is 5.46. The van der Waals surface area contributed by atoms with Gasteiger partial charge in [0.15, 0.2) is 0 Å². The van der Waals surface area contributed by atoms with Gasteiger partial charge in [-0.25, -0.2) is 0 Å². The average molecular weight is 200 g/mol. The SMILES string of the molecule is CN(C1CCOC1)C(CN)C(C)(C)C. The van der Waals surface area contributed by atoms with Gasteiger partial charge in [0.1, 0.15) is 0 Å². The van der Waals surface area contributed by atoms with Crippen molar-refractivity contribution in [3.8, 4) is 0 Å². The zero-order chi connectivity index (χ0) is 10.8. The van der Waals surface area contributed by atoms with E-state index in [9.17, 15) is 0 Å². The van der Waals surface area contributed by atoms with E-state index in [2.05, 4.69) is 32.7 Å². The minimum Gasteiger partial charge on any atom is -0.380 e. The fourth-order valence-corrected chi connectivity index (χ4v) is 2.23. The highest BCUT2D eigenvalue weighted by Gasteiger charge is 2.32. The molecule has 0 amide bonds. The summed E-state index contributed by atoms with van der Waals surface area (Å²) in [6, 6.07) is 0.997. The topological polar surface area (TPSA) is 38.5 Å². The van der Waals surface area contributed by atoms with Crippen LogP contribution in [0, 0.1) is 5.41 Å². The Hall–Kier alpha value is -0.120. The largest absolute Gasteiger partial charge is 0.380 e. The second-order valence-corrected chi connectivity index (χ2v) is 5.30. The van der Waals surface area contributed by atoms with Crippen LogP contribution in [0.15, 0.2) is 0 Å². The van der Waals surface area contributed by atoms with E-state index in [1.54, 1.807) is 0 Å². The quantitative estimate of drug-likeness (QED) is 0.741. The normalized spacial score (nSPS) is 25.7. The number of likely N-dealkylation sites (N-methyl/N-ethyl adjacent to an activating group) is 1. The van der Waals surface area contributed by atoms with Gasteiger partial charge in [0.2, 0.25) is 0 Å². The molecule has 84 valence electrons. The summed E-state index contributed by atoms with van der Waals surface area (Å²) >= 11 is 0. The Labute approximate surface area is 87.6 Å². The third-order valence-corrected chi connectivity index (χ3v) is 3.20. The van der Waals surface area contributed by atoms with E-state index in [4.69, 9.17) is 10.5 Å². The molecule has 1 heterocycles. The van der Waals surface area contributed by atoms with Crippen molar-refractivity contribution in [3.05, 3.63) is 0 Å². The van der Waals surface area contributed by atoms with Crippen molar-refractivity contribution in [3.63, 3.8) is 0 Å². The monoisotopic (exact) mass is 200 g/mol. The number of nitrogens with zero attached hydrogens (tertiary/aromatic N) is 1. The zero-order valence-corrected chi connectivity index (χ0v) is 9.92. The molecular weight excluding hydrogens is 176 g/mol. The molecule has 0 spiro atoms. The van der Waals surface area contributed by atoms with Crippen molar-refractivity contribution in [2.45, 2.75) is 39.3 Å². The van der Waals surface area contributed by atoms with Crippen molar-refractivity contribution in [1.29, 1.82) is 0 Å². The Balaban J connectivity index is 2.59. The summed E-state index contributed by atoms with van der Waals surface area (Å²) in [6.45, 7) is 9.22. The third-order valence-electron chi connectivity index (χ3n) is 3.20. The Morgan fingerprint density at radius 1 is 1.50 bits per heavy atom. The fraction of sp³-hybridized carbons (Fsp3) is 1.00. The maximum Gasteiger partial charge on any atom is 0.0622 e. The van der Waals surface area contributed by atoms with Crippen LogP contribution in [0.2, 0.25) is 0 Å². The highest BCUT2D eigenvalue weighted by atomic mass is 16.5. The summed E-state index contributed by atoms with van der Waals surface area (Å²) in [5.74, 6) is 0. The molecule has 0 bridgehead atoms. The predicted molar refractivity (Wildman–Crippen MR) is 59.3 cm³/mol. The van der Waals surface area contributed by atoms with Crippen molar-refractivity contribution in [2.75, 3.05) is 26.8 Å². The van der Waals surface area contributed by atoms with Crippen LogP contribution >= 0.6 is 0 Å². The van der Waals surface area contributed by atoms with Gasteiger partial charge in [-0.2, -0.15) is 0 Å². The molecule has 0 aromatic carbocycles. The van der Waals surface area contributed by atoms with Gasteiger partial charge in [-0.3, -0.25) is 4.90 Å². The van der Waals surface area contributed by atoms with Crippen molar-refractivity contribution >= 4 is 0 Å². The first-order chi connectivity index (χ1) is 6.46. The Kier molecular flexibility index (Phi) is 3.93. The summed E-state index contributed by atoms with van der Waals surface area (Å²) in [6.07, 6.45) is 1.14. The lowest BCUT2D eigenvalue weighted by Crippen LogP contribution is -2.51. The molecule has 2 N–H and O–H groups in total. The highest BCUT2D eigenvalue weighted by molar-refractivity contribution is 4.87. The molecule has 1 fully saturated rings. The molecule has 0 aliphatic carbocycles. The number of rotatable bonds is 3. The van der Waals surface area contributed by atoms with Crippen molar-refractivity contribution < 1.29 is 4.74 Å².